The number of ether oxygens (including phenoxy) is 2. The minimum Gasteiger partial charge on any atom is -0.497 e. The van der Waals surface area contributed by atoms with E-state index in [0.717, 1.165) is 46.8 Å². The largest absolute Gasteiger partial charge is 0.497 e. The van der Waals surface area contributed by atoms with Crippen molar-refractivity contribution in [3.05, 3.63) is 94.6 Å². The molecule has 5 rings (SSSR count). The molecule has 1 aliphatic rings. The second kappa shape index (κ2) is 13.0. The zero-order valence-electron chi connectivity index (χ0n) is 22.9. The summed E-state index contributed by atoms with van der Waals surface area (Å²) in [7, 11) is -0.224. The number of piperidine rings is 1. The lowest BCUT2D eigenvalue weighted by Crippen LogP contribution is -2.38. The Labute approximate surface area is 240 Å². The summed E-state index contributed by atoms with van der Waals surface area (Å²) in [5.74, 6) is 1.29. The van der Waals surface area contributed by atoms with Gasteiger partial charge in [-0.25, -0.2) is 13.4 Å². The van der Waals surface area contributed by atoms with Gasteiger partial charge in [0.05, 0.1) is 30.0 Å². The van der Waals surface area contributed by atoms with Crippen molar-refractivity contribution in [2.24, 2.45) is 10.9 Å². The molecule has 2 heterocycles. The van der Waals surface area contributed by atoms with Crippen molar-refractivity contribution in [2.75, 3.05) is 33.9 Å². The molecule has 210 valence electrons. The van der Waals surface area contributed by atoms with Gasteiger partial charge in [0.25, 0.3) is 0 Å². The van der Waals surface area contributed by atoms with Gasteiger partial charge in [-0.05, 0) is 72.7 Å². The fourth-order valence-corrected chi connectivity index (χ4v) is 7.49. The molecule has 0 aliphatic carbocycles. The van der Waals surface area contributed by atoms with Crippen LogP contribution in [-0.2, 0) is 27.7 Å². The minimum absolute atomic E-state index is 0.333. The highest BCUT2D eigenvalue weighted by atomic mass is 32.2. The van der Waals surface area contributed by atoms with Crippen LogP contribution in [0.3, 0.4) is 0 Å². The Hall–Kier alpha value is -3.24. The van der Waals surface area contributed by atoms with Gasteiger partial charge in [0.15, 0.2) is 4.80 Å². The first kappa shape index (κ1) is 28.3. The van der Waals surface area contributed by atoms with Gasteiger partial charge in [-0.3, -0.25) is 0 Å². The normalized spacial score (nSPS) is 15.4. The maximum Gasteiger partial charge on any atom is 0.243 e. The summed E-state index contributed by atoms with van der Waals surface area (Å²) in [5, 5.41) is 2.05. The predicted octanol–water partition coefficient (Wildman–Crippen LogP) is 5.75. The van der Waals surface area contributed by atoms with Crippen molar-refractivity contribution in [3.63, 3.8) is 0 Å². The van der Waals surface area contributed by atoms with E-state index in [1.54, 1.807) is 42.0 Å². The zero-order chi connectivity index (χ0) is 28.0. The summed E-state index contributed by atoms with van der Waals surface area (Å²) in [6, 6.07) is 25.3. The number of benzene rings is 3. The van der Waals surface area contributed by atoms with E-state index in [1.807, 2.05) is 42.5 Å². The molecule has 0 radical (unpaired) electrons. The number of hydrogen-bond acceptors (Lipinski definition) is 6. The topological polar surface area (TPSA) is 73.1 Å². The van der Waals surface area contributed by atoms with Crippen molar-refractivity contribution < 1.29 is 17.9 Å². The van der Waals surface area contributed by atoms with E-state index in [9.17, 15) is 8.42 Å². The monoisotopic (exact) mass is 577 g/mol. The van der Waals surface area contributed by atoms with E-state index in [0.29, 0.717) is 37.1 Å². The summed E-state index contributed by atoms with van der Waals surface area (Å²) in [6.07, 6.45) is 2.75. The van der Waals surface area contributed by atoms with E-state index in [2.05, 4.69) is 34.2 Å². The standard InChI is InChI=1S/C31H35N3O4S2/c1-37-21-20-34-30(23-39-31(34)32-27-10-12-28(38-2)13-11-27)26-8-14-29(15-9-26)40(35,36)33-18-16-25(17-19-33)22-24-6-4-3-5-7-24/h3-15,23,25H,16-22H2,1-2H3. The third-order valence-corrected chi connectivity index (χ3v) is 10.1. The molecule has 40 heavy (non-hydrogen) atoms. The molecular formula is C31H35N3O4S2. The first-order valence-electron chi connectivity index (χ1n) is 13.5. The average Bonchev–Trinajstić information content (AvgIpc) is 3.39. The van der Waals surface area contributed by atoms with Crippen LogP contribution in [0.15, 0.2) is 94.1 Å². The van der Waals surface area contributed by atoms with Crippen LogP contribution < -0.4 is 9.54 Å². The van der Waals surface area contributed by atoms with Gasteiger partial charge < -0.3 is 14.0 Å². The molecule has 7 nitrogen and oxygen atoms in total. The van der Waals surface area contributed by atoms with Crippen LogP contribution in [0.5, 0.6) is 5.75 Å². The highest BCUT2D eigenvalue weighted by molar-refractivity contribution is 7.89. The van der Waals surface area contributed by atoms with Crippen molar-refractivity contribution >= 4 is 27.0 Å². The molecular weight excluding hydrogens is 542 g/mol. The van der Waals surface area contributed by atoms with Crippen molar-refractivity contribution in [3.8, 4) is 17.0 Å². The number of aromatic nitrogens is 1. The summed E-state index contributed by atoms with van der Waals surface area (Å²) >= 11 is 1.54. The van der Waals surface area contributed by atoms with Gasteiger partial charge in [-0.1, -0.05) is 42.5 Å². The number of hydrogen-bond donors (Lipinski definition) is 0. The molecule has 4 aromatic rings. The fraction of sp³-hybridized carbons (Fsp3) is 0.323. The molecule has 0 N–H and O–H groups in total. The van der Waals surface area contributed by atoms with Crippen LogP contribution in [0, 0.1) is 5.92 Å². The van der Waals surface area contributed by atoms with E-state index in [4.69, 9.17) is 14.5 Å². The molecule has 0 saturated carbocycles. The maximum atomic E-state index is 13.4. The molecule has 3 aromatic carbocycles. The van der Waals surface area contributed by atoms with Crippen molar-refractivity contribution in [2.45, 2.75) is 30.7 Å². The Balaban J connectivity index is 1.32. The average molecular weight is 578 g/mol. The lowest BCUT2D eigenvalue weighted by Gasteiger charge is -2.31. The van der Waals surface area contributed by atoms with Gasteiger partial charge in [0, 0.05) is 32.1 Å². The number of nitrogens with zero attached hydrogens (tertiary/aromatic N) is 3. The Kier molecular flexibility index (Phi) is 9.16. The second-order valence-electron chi connectivity index (χ2n) is 9.92. The third-order valence-electron chi connectivity index (χ3n) is 7.34. The van der Waals surface area contributed by atoms with Crippen LogP contribution in [-0.4, -0.2) is 51.2 Å². The molecule has 0 bridgehead atoms. The Bertz CT molecular complexity index is 1550. The lowest BCUT2D eigenvalue weighted by molar-refractivity contribution is 0.187. The molecule has 1 saturated heterocycles. The molecule has 1 aliphatic heterocycles. The van der Waals surface area contributed by atoms with Crippen molar-refractivity contribution in [1.29, 1.82) is 0 Å². The van der Waals surface area contributed by atoms with Crippen LogP contribution in [0.1, 0.15) is 18.4 Å². The Morgan fingerprint density at radius 3 is 2.27 bits per heavy atom. The van der Waals surface area contributed by atoms with Gasteiger partial charge in [0.1, 0.15) is 5.75 Å². The molecule has 9 heteroatoms. The van der Waals surface area contributed by atoms with E-state index < -0.39 is 10.0 Å². The number of thiazole rings is 1. The van der Waals surface area contributed by atoms with Gasteiger partial charge >= 0.3 is 0 Å². The smallest absolute Gasteiger partial charge is 0.243 e. The quantitative estimate of drug-likeness (QED) is 0.241. The SMILES string of the molecule is COCCn1c(-c2ccc(S(=O)(=O)N3CCC(Cc4ccccc4)CC3)cc2)csc1=Nc1ccc(OC)cc1. The van der Waals surface area contributed by atoms with E-state index >= 15 is 0 Å². The number of rotatable bonds is 10. The highest BCUT2D eigenvalue weighted by Gasteiger charge is 2.29. The summed E-state index contributed by atoms with van der Waals surface area (Å²) in [5.41, 5.74) is 4.05. The predicted molar refractivity (Wildman–Crippen MR) is 159 cm³/mol. The van der Waals surface area contributed by atoms with Crippen LogP contribution in [0.25, 0.3) is 11.3 Å². The van der Waals surface area contributed by atoms with Crippen LogP contribution >= 0.6 is 11.3 Å². The number of methoxy groups -OCH3 is 2. The molecule has 0 amide bonds. The van der Waals surface area contributed by atoms with Crippen molar-refractivity contribution in [1.82, 2.24) is 8.87 Å². The Morgan fingerprint density at radius 2 is 1.62 bits per heavy atom. The summed E-state index contributed by atoms with van der Waals surface area (Å²) in [4.78, 5) is 6.01. The summed E-state index contributed by atoms with van der Waals surface area (Å²) in [6.45, 7) is 2.27. The van der Waals surface area contributed by atoms with Gasteiger partial charge in [-0.15, -0.1) is 11.3 Å². The number of sulfonamides is 1. The maximum absolute atomic E-state index is 13.4. The molecule has 1 aromatic heterocycles. The second-order valence-corrected chi connectivity index (χ2v) is 12.7. The van der Waals surface area contributed by atoms with Crippen LogP contribution in [0.2, 0.25) is 0 Å². The third kappa shape index (κ3) is 6.55. The summed E-state index contributed by atoms with van der Waals surface area (Å²) < 4.78 is 41.2. The first-order valence-corrected chi connectivity index (χ1v) is 15.8. The molecule has 1 fully saturated rings. The fourth-order valence-electron chi connectivity index (χ4n) is 5.06. The minimum atomic E-state index is -3.54. The molecule has 0 spiro atoms. The zero-order valence-corrected chi connectivity index (χ0v) is 24.5. The molecule has 0 unspecified atom stereocenters. The molecule has 0 atom stereocenters. The van der Waals surface area contributed by atoms with Crippen LogP contribution in [0.4, 0.5) is 5.69 Å². The highest BCUT2D eigenvalue weighted by Crippen LogP contribution is 2.28. The van der Waals surface area contributed by atoms with E-state index in [1.165, 1.54) is 5.56 Å². The van der Waals surface area contributed by atoms with Gasteiger partial charge in [-0.2, -0.15) is 4.31 Å². The van der Waals surface area contributed by atoms with E-state index in [-0.39, 0.29) is 0 Å². The Morgan fingerprint density at radius 1 is 0.925 bits per heavy atom. The lowest BCUT2D eigenvalue weighted by atomic mass is 9.91. The first-order chi connectivity index (χ1) is 19.5. The van der Waals surface area contributed by atoms with Gasteiger partial charge in [0.2, 0.25) is 10.0 Å².